The molecule has 0 heterocycles. The number of hydrogen-bond donors (Lipinski definition) is 1. The molecule has 0 aliphatic heterocycles. The molecular formula is C33H33NO4. The first kappa shape index (κ1) is 28.2. The summed E-state index contributed by atoms with van der Waals surface area (Å²) in [5.41, 5.74) is 7.01. The summed E-state index contributed by atoms with van der Waals surface area (Å²) < 4.78 is 5.57. The van der Waals surface area contributed by atoms with Gasteiger partial charge in [-0.15, -0.1) is 0 Å². The van der Waals surface area contributed by atoms with Gasteiger partial charge < -0.3 is 10.5 Å². The first-order valence-corrected chi connectivity index (χ1v) is 12.6. The molecule has 0 spiro atoms. The molecule has 5 nitrogen and oxygen atoms in total. The van der Waals surface area contributed by atoms with Crippen LogP contribution in [-0.2, 0) is 4.74 Å². The molecule has 0 aliphatic rings. The molecule has 4 aromatic rings. The van der Waals surface area contributed by atoms with Crippen molar-refractivity contribution < 1.29 is 19.1 Å². The van der Waals surface area contributed by atoms with Crippen molar-refractivity contribution in [3.8, 4) is 0 Å². The van der Waals surface area contributed by atoms with Gasteiger partial charge in [0.2, 0.25) is 11.6 Å². The van der Waals surface area contributed by atoms with Gasteiger partial charge in [-0.3, -0.25) is 14.4 Å². The molecule has 194 valence electrons. The molecule has 0 fully saturated rings. The summed E-state index contributed by atoms with van der Waals surface area (Å²) in [7, 11) is 1.44. The van der Waals surface area contributed by atoms with Crippen LogP contribution in [0.3, 0.4) is 0 Å². The van der Waals surface area contributed by atoms with Crippen LogP contribution in [0.25, 0.3) is 0 Å². The van der Waals surface area contributed by atoms with Crippen molar-refractivity contribution in [1.82, 2.24) is 0 Å². The first-order valence-electron chi connectivity index (χ1n) is 12.6. The van der Waals surface area contributed by atoms with E-state index in [4.69, 9.17) is 10.5 Å². The largest absolute Gasteiger partial charge is 0.398 e. The van der Waals surface area contributed by atoms with Crippen LogP contribution < -0.4 is 5.73 Å². The first-order chi connectivity index (χ1) is 18.4. The predicted molar refractivity (Wildman–Crippen MR) is 152 cm³/mol. The zero-order valence-corrected chi connectivity index (χ0v) is 21.8. The summed E-state index contributed by atoms with van der Waals surface area (Å²) >= 11 is 0. The smallest absolute Gasteiger partial charge is 0.202 e. The second-order valence-electron chi connectivity index (χ2n) is 8.81. The summed E-state index contributed by atoms with van der Waals surface area (Å²) in [5.74, 6) is -0.584. The number of anilines is 1. The SMILES string of the molecule is CCCCC(OC)(C(=O)c1ccccc1)C(=O)c1ccccc1.Nc1ccccc1C(=O)c1ccccc1. The van der Waals surface area contributed by atoms with Crippen molar-refractivity contribution in [3.05, 3.63) is 138 Å². The topological polar surface area (TPSA) is 86.5 Å². The van der Waals surface area contributed by atoms with Crippen molar-refractivity contribution in [2.45, 2.75) is 31.8 Å². The van der Waals surface area contributed by atoms with Gasteiger partial charge in [-0.25, -0.2) is 0 Å². The number of hydrogen-bond acceptors (Lipinski definition) is 5. The number of Topliss-reactive ketones (excluding diaryl/α,β-unsaturated/α-hetero) is 2. The van der Waals surface area contributed by atoms with Gasteiger partial charge in [0.25, 0.3) is 0 Å². The second-order valence-corrected chi connectivity index (χ2v) is 8.81. The van der Waals surface area contributed by atoms with Crippen molar-refractivity contribution in [2.24, 2.45) is 0 Å². The fraction of sp³-hybridized carbons (Fsp3) is 0.182. The Labute approximate surface area is 224 Å². The van der Waals surface area contributed by atoms with Gasteiger partial charge in [-0.1, -0.05) is 116 Å². The molecule has 0 saturated heterocycles. The van der Waals surface area contributed by atoms with Gasteiger partial charge in [0.05, 0.1) is 0 Å². The molecule has 0 amide bonds. The maximum absolute atomic E-state index is 13.1. The van der Waals surface area contributed by atoms with Crippen molar-refractivity contribution >= 4 is 23.0 Å². The maximum Gasteiger partial charge on any atom is 0.202 e. The lowest BCUT2D eigenvalue weighted by molar-refractivity contribution is 0.00383. The number of carbonyl (C=O) groups excluding carboxylic acids is 3. The lowest BCUT2D eigenvalue weighted by atomic mass is 9.81. The molecule has 38 heavy (non-hydrogen) atoms. The molecule has 5 heteroatoms. The van der Waals surface area contributed by atoms with Crippen LogP contribution in [0.5, 0.6) is 0 Å². The molecule has 0 bridgehead atoms. The fourth-order valence-electron chi connectivity index (χ4n) is 4.14. The van der Waals surface area contributed by atoms with Gasteiger partial charge in [0.15, 0.2) is 11.4 Å². The second kappa shape index (κ2) is 13.8. The molecule has 2 N–H and O–H groups in total. The van der Waals surface area contributed by atoms with Crippen LogP contribution >= 0.6 is 0 Å². The molecule has 0 aliphatic carbocycles. The Hall–Kier alpha value is -4.35. The van der Waals surface area contributed by atoms with E-state index in [-0.39, 0.29) is 17.3 Å². The predicted octanol–water partition coefficient (Wildman–Crippen LogP) is 6.83. The van der Waals surface area contributed by atoms with E-state index in [0.29, 0.717) is 34.4 Å². The van der Waals surface area contributed by atoms with Crippen LogP contribution in [0.15, 0.2) is 115 Å². The van der Waals surface area contributed by atoms with Gasteiger partial charge in [-0.05, 0) is 25.0 Å². The normalized spacial score (nSPS) is 10.7. The Bertz CT molecular complexity index is 1280. The number of methoxy groups -OCH3 is 1. The van der Waals surface area contributed by atoms with Gasteiger partial charge in [-0.2, -0.15) is 0 Å². The van der Waals surface area contributed by atoms with Crippen molar-refractivity contribution in [2.75, 3.05) is 12.8 Å². The summed E-state index contributed by atoms with van der Waals surface area (Å²) in [6, 6.07) is 34.0. The minimum Gasteiger partial charge on any atom is -0.398 e. The number of benzene rings is 4. The number of ether oxygens (including phenoxy) is 1. The van der Waals surface area contributed by atoms with Crippen LogP contribution in [0.4, 0.5) is 5.69 Å². The van der Waals surface area contributed by atoms with E-state index in [1.54, 1.807) is 72.8 Å². The lowest BCUT2D eigenvalue weighted by Gasteiger charge is -2.29. The Morgan fingerprint density at radius 3 is 1.50 bits per heavy atom. The monoisotopic (exact) mass is 507 g/mol. The zero-order valence-electron chi connectivity index (χ0n) is 21.8. The number of nitrogen functional groups attached to an aromatic ring is 1. The number of unbranched alkanes of at least 4 members (excludes halogenated alkanes) is 1. The Morgan fingerprint density at radius 1 is 0.658 bits per heavy atom. The van der Waals surface area contributed by atoms with Crippen LogP contribution in [0.2, 0.25) is 0 Å². The quantitative estimate of drug-likeness (QED) is 0.144. The van der Waals surface area contributed by atoms with E-state index < -0.39 is 5.60 Å². The highest BCUT2D eigenvalue weighted by atomic mass is 16.5. The Morgan fingerprint density at radius 2 is 1.08 bits per heavy atom. The minimum atomic E-state index is -1.46. The highest BCUT2D eigenvalue weighted by molar-refractivity contribution is 6.22. The Balaban J connectivity index is 0.000000230. The van der Waals surface area contributed by atoms with E-state index in [0.717, 1.165) is 12.8 Å². The number of rotatable bonds is 10. The van der Waals surface area contributed by atoms with Crippen LogP contribution in [-0.4, -0.2) is 30.1 Å². The third kappa shape index (κ3) is 6.69. The molecule has 4 aromatic carbocycles. The molecule has 0 atom stereocenters. The molecule has 4 rings (SSSR count). The van der Waals surface area contributed by atoms with E-state index in [1.807, 2.05) is 49.4 Å². The lowest BCUT2D eigenvalue weighted by Crippen LogP contribution is -2.48. The number of para-hydroxylation sites is 1. The third-order valence-corrected chi connectivity index (χ3v) is 6.28. The standard InChI is InChI=1S/C20H22O3.C13H11NO/c1-3-4-15-20(23-2,18(21)16-11-7-5-8-12-16)19(22)17-13-9-6-10-14-17;14-12-9-5-4-8-11(12)13(15)10-6-2-1-3-7-10/h5-14H,3-4,15H2,1-2H3;1-9H,14H2. The van der Waals surface area contributed by atoms with Crippen LogP contribution in [0.1, 0.15) is 62.8 Å². The molecule has 0 aromatic heterocycles. The number of carbonyl (C=O) groups is 3. The third-order valence-electron chi connectivity index (χ3n) is 6.28. The van der Waals surface area contributed by atoms with E-state index >= 15 is 0 Å². The van der Waals surface area contributed by atoms with Gasteiger partial charge in [0, 0.05) is 35.1 Å². The van der Waals surface area contributed by atoms with E-state index in [9.17, 15) is 14.4 Å². The average molecular weight is 508 g/mol. The molecule has 0 radical (unpaired) electrons. The highest BCUT2D eigenvalue weighted by Crippen LogP contribution is 2.28. The zero-order chi connectivity index (χ0) is 27.4. The van der Waals surface area contributed by atoms with Crippen LogP contribution in [0, 0.1) is 0 Å². The summed E-state index contributed by atoms with van der Waals surface area (Å²) in [6.45, 7) is 2.03. The average Bonchev–Trinajstić information content (AvgIpc) is 2.99. The number of nitrogens with two attached hydrogens (primary N) is 1. The van der Waals surface area contributed by atoms with E-state index in [2.05, 4.69) is 0 Å². The van der Waals surface area contributed by atoms with Gasteiger partial charge >= 0.3 is 0 Å². The summed E-state index contributed by atoms with van der Waals surface area (Å²) in [6.07, 6.45) is 2.00. The van der Waals surface area contributed by atoms with Crippen molar-refractivity contribution in [1.29, 1.82) is 0 Å². The fourth-order valence-corrected chi connectivity index (χ4v) is 4.14. The molecular weight excluding hydrogens is 474 g/mol. The molecule has 0 saturated carbocycles. The van der Waals surface area contributed by atoms with Crippen molar-refractivity contribution in [3.63, 3.8) is 0 Å². The van der Waals surface area contributed by atoms with Gasteiger partial charge in [0.1, 0.15) is 0 Å². The number of ketones is 3. The summed E-state index contributed by atoms with van der Waals surface area (Å²) in [4.78, 5) is 38.1. The van der Waals surface area contributed by atoms with E-state index in [1.165, 1.54) is 7.11 Å². The Kier molecular flexibility index (Phi) is 10.3. The molecule has 0 unspecified atom stereocenters. The highest BCUT2D eigenvalue weighted by Gasteiger charge is 2.46. The maximum atomic E-state index is 13.1. The minimum absolute atomic E-state index is 0.0336. The summed E-state index contributed by atoms with van der Waals surface area (Å²) in [5, 5.41) is 0.